The Bertz CT molecular complexity index is 763. The molecule has 9 heteroatoms. The van der Waals surface area contributed by atoms with Crippen LogP contribution in [-0.2, 0) is 15.8 Å². The van der Waals surface area contributed by atoms with Gasteiger partial charge in [-0.3, -0.25) is 14.5 Å². The van der Waals surface area contributed by atoms with Crippen LogP contribution in [0.5, 0.6) is 0 Å². The fraction of sp³-hybridized carbons (Fsp3) is 0.636. The summed E-state index contributed by atoms with van der Waals surface area (Å²) in [5.41, 5.74) is -1.10. The summed E-state index contributed by atoms with van der Waals surface area (Å²) in [6.45, 7) is 4.58. The fourth-order valence-corrected chi connectivity index (χ4v) is 4.34. The molecule has 2 atom stereocenters. The van der Waals surface area contributed by atoms with Gasteiger partial charge in [-0.25, -0.2) is 0 Å². The van der Waals surface area contributed by atoms with Crippen molar-refractivity contribution in [1.82, 2.24) is 15.1 Å². The second kappa shape index (κ2) is 10.5. The molecule has 0 bridgehead atoms. The molecule has 2 fully saturated rings. The number of hydrogen-bond acceptors (Lipinski definition) is 4. The molecule has 0 radical (unpaired) electrons. The van der Waals surface area contributed by atoms with Crippen LogP contribution in [0.4, 0.5) is 18.9 Å². The van der Waals surface area contributed by atoms with Crippen molar-refractivity contribution in [2.75, 3.05) is 44.6 Å². The molecule has 1 saturated heterocycles. The minimum absolute atomic E-state index is 0.00788. The largest absolute Gasteiger partial charge is 0.418 e. The van der Waals surface area contributed by atoms with E-state index in [2.05, 4.69) is 17.6 Å². The highest BCUT2D eigenvalue weighted by Crippen LogP contribution is 2.34. The second-order valence-corrected chi connectivity index (χ2v) is 8.50. The van der Waals surface area contributed by atoms with Gasteiger partial charge in [0.2, 0.25) is 11.8 Å². The highest BCUT2D eigenvalue weighted by Gasteiger charge is 2.33. The lowest BCUT2D eigenvalue weighted by Gasteiger charge is -2.35. The molecule has 1 aliphatic heterocycles. The summed E-state index contributed by atoms with van der Waals surface area (Å²) in [6.07, 6.45) is 0.225. The maximum absolute atomic E-state index is 13.1. The number of carbonyl (C=O) groups is 2. The van der Waals surface area contributed by atoms with Crippen LogP contribution in [0.1, 0.15) is 38.2 Å². The summed E-state index contributed by atoms with van der Waals surface area (Å²) >= 11 is 0. The van der Waals surface area contributed by atoms with Crippen molar-refractivity contribution >= 4 is 17.5 Å². The van der Waals surface area contributed by atoms with Gasteiger partial charge in [0, 0.05) is 32.2 Å². The van der Waals surface area contributed by atoms with Gasteiger partial charge in [-0.1, -0.05) is 31.9 Å². The Kier molecular flexibility index (Phi) is 7.94. The minimum Gasteiger partial charge on any atom is -0.339 e. The zero-order chi connectivity index (χ0) is 22.4. The third-order valence-corrected chi connectivity index (χ3v) is 6.23. The van der Waals surface area contributed by atoms with Crippen LogP contribution in [0.3, 0.4) is 0 Å². The number of nitrogens with zero attached hydrogens (tertiary/aromatic N) is 2. The summed E-state index contributed by atoms with van der Waals surface area (Å²) in [5.74, 6) is 0.143. The smallest absolute Gasteiger partial charge is 0.339 e. The van der Waals surface area contributed by atoms with Gasteiger partial charge in [-0.05, 0) is 30.9 Å². The Morgan fingerprint density at radius 1 is 1.06 bits per heavy atom. The van der Waals surface area contributed by atoms with Gasteiger partial charge < -0.3 is 15.5 Å². The lowest BCUT2D eigenvalue weighted by atomic mass is 9.86. The summed E-state index contributed by atoms with van der Waals surface area (Å²) in [6, 6.07) is 5.33. The lowest BCUT2D eigenvalue weighted by molar-refractivity contribution is -0.137. The number of anilines is 1. The third-order valence-electron chi connectivity index (χ3n) is 6.23. The molecule has 1 saturated carbocycles. The zero-order valence-corrected chi connectivity index (χ0v) is 17.9. The minimum atomic E-state index is -4.53. The molecule has 2 unspecified atom stereocenters. The molecular formula is C22H31F3N4O2. The summed E-state index contributed by atoms with van der Waals surface area (Å²) in [5, 5.41) is 5.76. The van der Waals surface area contributed by atoms with Crippen molar-refractivity contribution in [3.05, 3.63) is 29.8 Å². The van der Waals surface area contributed by atoms with Gasteiger partial charge >= 0.3 is 6.18 Å². The predicted molar refractivity (Wildman–Crippen MR) is 113 cm³/mol. The predicted octanol–water partition coefficient (Wildman–Crippen LogP) is 2.96. The van der Waals surface area contributed by atoms with Gasteiger partial charge in [0.15, 0.2) is 0 Å². The SMILES string of the molecule is CC1CCCCC1NCC(=O)N1CCN(CC(=O)Nc2ccccc2C(F)(F)F)CC1. The average Bonchev–Trinajstić information content (AvgIpc) is 2.73. The molecule has 1 heterocycles. The maximum atomic E-state index is 13.1. The first-order valence-corrected chi connectivity index (χ1v) is 10.9. The number of halogens is 3. The topological polar surface area (TPSA) is 64.7 Å². The molecule has 3 rings (SSSR count). The van der Waals surface area contributed by atoms with Gasteiger partial charge in [-0.15, -0.1) is 0 Å². The van der Waals surface area contributed by atoms with Gasteiger partial charge in [-0.2, -0.15) is 13.2 Å². The molecule has 0 aromatic heterocycles. The van der Waals surface area contributed by atoms with E-state index in [0.717, 1.165) is 12.5 Å². The summed E-state index contributed by atoms with van der Waals surface area (Å²) in [7, 11) is 0. The molecule has 6 nitrogen and oxygen atoms in total. The molecular weight excluding hydrogens is 409 g/mol. The molecule has 1 aromatic rings. The van der Waals surface area contributed by atoms with Crippen LogP contribution in [0.15, 0.2) is 24.3 Å². The standard InChI is InChI=1S/C22H31F3N4O2/c1-16-6-2-4-8-18(16)26-14-21(31)29-12-10-28(11-13-29)15-20(30)27-19-9-5-3-7-17(19)22(23,24)25/h3,5,7,9,16,18,26H,2,4,6,8,10-15H2,1H3,(H,27,30). The first-order valence-electron chi connectivity index (χ1n) is 10.9. The first-order chi connectivity index (χ1) is 14.7. The third kappa shape index (κ3) is 6.67. The Morgan fingerprint density at radius 2 is 1.74 bits per heavy atom. The molecule has 1 aliphatic carbocycles. The van der Waals surface area contributed by atoms with E-state index in [9.17, 15) is 22.8 Å². The number of carbonyl (C=O) groups excluding carboxylic acids is 2. The molecule has 2 aliphatic rings. The van der Waals surface area contributed by atoms with E-state index in [1.165, 1.54) is 37.5 Å². The van der Waals surface area contributed by atoms with Crippen LogP contribution < -0.4 is 10.6 Å². The molecule has 2 N–H and O–H groups in total. The second-order valence-electron chi connectivity index (χ2n) is 8.50. The van der Waals surface area contributed by atoms with Crippen molar-refractivity contribution in [2.24, 2.45) is 5.92 Å². The van der Waals surface area contributed by atoms with E-state index in [1.807, 2.05) is 4.90 Å². The fourth-order valence-electron chi connectivity index (χ4n) is 4.34. The zero-order valence-electron chi connectivity index (χ0n) is 17.9. The number of alkyl halides is 3. The van der Waals surface area contributed by atoms with Crippen LogP contribution in [-0.4, -0.2) is 66.9 Å². The van der Waals surface area contributed by atoms with Crippen LogP contribution in [0.2, 0.25) is 0 Å². The van der Waals surface area contributed by atoms with Crippen LogP contribution in [0, 0.1) is 5.92 Å². The van der Waals surface area contributed by atoms with Crippen molar-refractivity contribution in [3.63, 3.8) is 0 Å². The molecule has 1 aromatic carbocycles. The number of rotatable bonds is 6. The Balaban J connectivity index is 1.42. The van der Waals surface area contributed by atoms with E-state index in [1.54, 1.807) is 4.90 Å². The van der Waals surface area contributed by atoms with E-state index >= 15 is 0 Å². The van der Waals surface area contributed by atoms with E-state index in [0.29, 0.717) is 44.7 Å². The van der Waals surface area contributed by atoms with Crippen molar-refractivity contribution in [1.29, 1.82) is 0 Å². The van der Waals surface area contributed by atoms with E-state index in [4.69, 9.17) is 0 Å². The van der Waals surface area contributed by atoms with E-state index < -0.39 is 17.6 Å². The van der Waals surface area contributed by atoms with Gasteiger partial charge in [0.1, 0.15) is 0 Å². The number of para-hydroxylation sites is 1. The van der Waals surface area contributed by atoms with Crippen molar-refractivity contribution in [3.8, 4) is 0 Å². The maximum Gasteiger partial charge on any atom is 0.418 e. The van der Waals surface area contributed by atoms with Gasteiger partial charge in [0.05, 0.1) is 24.3 Å². The number of piperazine rings is 1. The molecule has 0 spiro atoms. The number of amides is 2. The van der Waals surface area contributed by atoms with Crippen molar-refractivity contribution < 1.29 is 22.8 Å². The number of benzene rings is 1. The lowest BCUT2D eigenvalue weighted by Crippen LogP contribution is -2.53. The molecule has 2 amide bonds. The highest BCUT2D eigenvalue weighted by molar-refractivity contribution is 5.93. The summed E-state index contributed by atoms with van der Waals surface area (Å²) in [4.78, 5) is 28.4. The first kappa shape index (κ1) is 23.5. The molecule has 172 valence electrons. The summed E-state index contributed by atoms with van der Waals surface area (Å²) < 4.78 is 39.2. The van der Waals surface area contributed by atoms with E-state index in [-0.39, 0.29) is 18.1 Å². The monoisotopic (exact) mass is 440 g/mol. The highest BCUT2D eigenvalue weighted by atomic mass is 19.4. The Hall–Kier alpha value is -2.13. The van der Waals surface area contributed by atoms with Crippen LogP contribution in [0.25, 0.3) is 0 Å². The quantitative estimate of drug-likeness (QED) is 0.714. The Morgan fingerprint density at radius 3 is 2.42 bits per heavy atom. The average molecular weight is 441 g/mol. The van der Waals surface area contributed by atoms with Crippen LogP contribution >= 0.6 is 0 Å². The van der Waals surface area contributed by atoms with Gasteiger partial charge in [0.25, 0.3) is 0 Å². The molecule has 31 heavy (non-hydrogen) atoms. The normalized spacial score (nSPS) is 22.9. The Labute approximate surface area is 181 Å². The number of hydrogen-bond donors (Lipinski definition) is 2. The van der Waals surface area contributed by atoms with Crippen molar-refractivity contribution in [2.45, 2.75) is 44.8 Å². The number of nitrogens with one attached hydrogen (secondary N) is 2.